The van der Waals surface area contributed by atoms with Crippen LogP contribution >= 0.6 is 12.2 Å². The molecule has 6 nitrogen and oxygen atoms in total. The first-order valence-electron chi connectivity index (χ1n) is 10.1. The number of benzene rings is 2. The van der Waals surface area contributed by atoms with Crippen molar-refractivity contribution < 1.29 is 14.3 Å². The zero-order valence-corrected chi connectivity index (χ0v) is 17.7. The van der Waals surface area contributed by atoms with Crippen LogP contribution in [-0.2, 0) is 0 Å². The molecule has 158 valence electrons. The summed E-state index contributed by atoms with van der Waals surface area (Å²) in [6.45, 7) is 0. The number of aromatic nitrogens is 1. The molecule has 0 aliphatic carbocycles. The molecule has 0 amide bonds. The molecule has 0 bridgehead atoms. The van der Waals surface area contributed by atoms with Gasteiger partial charge in [0.1, 0.15) is 17.6 Å². The van der Waals surface area contributed by atoms with E-state index in [1.807, 2.05) is 59.5 Å². The highest BCUT2D eigenvalue weighted by molar-refractivity contribution is 7.80. The van der Waals surface area contributed by atoms with E-state index in [9.17, 15) is 9.90 Å². The van der Waals surface area contributed by atoms with Crippen LogP contribution in [0.1, 0.15) is 33.9 Å². The minimum absolute atomic E-state index is 0.189. The summed E-state index contributed by atoms with van der Waals surface area (Å²) < 4.78 is 6.26. The lowest BCUT2D eigenvalue weighted by Gasteiger charge is -2.26. The quantitative estimate of drug-likeness (QED) is 0.411. The molecule has 2 aromatic carbocycles. The largest absolute Gasteiger partial charge is 0.478 e. The molecule has 2 atom stereocenters. The molecule has 2 aromatic heterocycles. The molecule has 0 saturated carbocycles. The number of nitrogens with zero attached hydrogens (tertiary/aromatic N) is 2. The van der Waals surface area contributed by atoms with Crippen LogP contribution < -0.4 is 10.2 Å². The Hall–Kier alpha value is -3.97. The van der Waals surface area contributed by atoms with Gasteiger partial charge in [0.05, 0.1) is 17.3 Å². The molecule has 7 heteroatoms. The smallest absolute Gasteiger partial charge is 0.336 e. The van der Waals surface area contributed by atoms with Crippen LogP contribution in [-0.4, -0.2) is 21.2 Å². The van der Waals surface area contributed by atoms with Gasteiger partial charge in [-0.05, 0) is 54.7 Å². The predicted molar refractivity (Wildman–Crippen MR) is 125 cm³/mol. The van der Waals surface area contributed by atoms with E-state index in [1.54, 1.807) is 36.5 Å². The van der Waals surface area contributed by atoms with Crippen molar-refractivity contribution in [2.75, 3.05) is 4.90 Å². The molecule has 0 radical (unpaired) electrons. The van der Waals surface area contributed by atoms with Crippen LogP contribution in [0.4, 0.5) is 5.69 Å². The number of nitrogens with one attached hydrogen (secondary N) is 1. The van der Waals surface area contributed by atoms with Crippen LogP contribution in [0.25, 0.3) is 11.3 Å². The molecule has 3 heterocycles. The number of rotatable bonds is 5. The Morgan fingerprint density at radius 2 is 1.72 bits per heavy atom. The number of carbonyl (C=O) groups is 1. The molecule has 0 spiro atoms. The normalized spacial score (nSPS) is 17.9. The van der Waals surface area contributed by atoms with Crippen LogP contribution in [0.2, 0.25) is 0 Å². The van der Waals surface area contributed by atoms with Crippen molar-refractivity contribution in [1.29, 1.82) is 0 Å². The van der Waals surface area contributed by atoms with Gasteiger partial charge in [-0.15, -0.1) is 0 Å². The van der Waals surface area contributed by atoms with Crippen molar-refractivity contribution in [2.24, 2.45) is 0 Å². The number of pyridine rings is 1. The third kappa shape index (κ3) is 3.52. The van der Waals surface area contributed by atoms with Gasteiger partial charge in [0.25, 0.3) is 0 Å². The number of carboxylic acids is 1. The lowest BCUT2D eigenvalue weighted by Crippen LogP contribution is -2.29. The zero-order valence-electron chi connectivity index (χ0n) is 16.9. The van der Waals surface area contributed by atoms with Gasteiger partial charge < -0.3 is 19.7 Å². The fraction of sp³-hybridized carbons (Fsp3) is 0.0800. The van der Waals surface area contributed by atoms with Gasteiger partial charge in [-0.3, -0.25) is 4.98 Å². The van der Waals surface area contributed by atoms with Gasteiger partial charge in [0, 0.05) is 17.4 Å². The van der Waals surface area contributed by atoms with Crippen LogP contribution in [0.15, 0.2) is 95.5 Å². The summed E-state index contributed by atoms with van der Waals surface area (Å²) in [5.41, 5.74) is 2.48. The fourth-order valence-electron chi connectivity index (χ4n) is 4.05. The van der Waals surface area contributed by atoms with Crippen molar-refractivity contribution >= 4 is 29.0 Å². The number of hydrogen-bond donors (Lipinski definition) is 2. The molecule has 1 fully saturated rings. The Morgan fingerprint density at radius 1 is 0.969 bits per heavy atom. The molecule has 2 N–H and O–H groups in total. The maximum Gasteiger partial charge on any atom is 0.336 e. The summed E-state index contributed by atoms with van der Waals surface area (Å²) in [7, 11) is 0. The third-order valence-electron chi connectivity index (χ3n) is 5.47. The van der Waals surface area contributed by atoms with E-state index in [-0.39, 0.29) is 17.6 Å². The highest BCUT2D eigenvalue weighted by Gasteiger charge is 2.42. The summed E-state index contributed by atoms with van der Waals surface area (Å²) in [6, 6.07) is 25.6. The summed E-state index contributed by atoms with van der Waals surface area (Å²) in [4.78, 5) is 18.2. The van der Waals surface area contributed by atoms with Gasteiger partial charge in [-0.25, -0.2) is 4.79 Å². The Kier molecular flexibility index (Phi) is 5.17. The lowest BCUT2D eigenvalue weighted by atomic mass is 10.0. The van der Waals surface area contributed by atoms with Gasteiger partial charge in [0.15, 0.2) is 5.11 Å². The van der Waals surface area contributed by atoms with E-state index in [2.05, 4.69) is 10.3 Å². The number of aromatic carboxylic acids is 1. The highest BCUT2D eigenvalue weighted by Crippen LogP contribution is 2.43. The minimum Gasteiger partial charge on any atom is -0.478 e. The van der Waals surface area contributed by atoms with Crippen LogP contribution in [0.3, 0.4) is 0 Å². The lowest BCUT2D eigenvalue weighted by molar-refractivity contribution is 0.0697. The summed E-state index contributed by atoms with van der Waals surface area (Å²) >= 11 is 5.70. The Morgan fingerprint density at radius 3 is 2.47 bits per heavy atom. The van der Waals surface area contributed by atoms with E-state index in [1.165, 1.54) is 0 Å². The molecular formula is C25H19N3O3S. The van der Waals surface area contributed by atoms with Crippen molar-refractivity contribution in [3.8, 4) is 11.3 Å². The molecule has 32 heavy (non-hydrogen) atoms. The summed E-state index contributed by atoms with van der Waals surface area (Å²) in [5.74, 6) is 0.148. The molecule has 5 rings (SSSR count). The predicted octanol–water partition coefficient (Wildman–Crippen LogP) is 5.22. The maximum atomic E-state index is 11.7. The van der Waals surface area contributed by atoms with E-state index >= 15 is 0 Å². The number of thiocarbonyl (C=S) groups is 1. The summed E-state index contributed by atoms with van der Waals surface area (Å²) in [5, 5.41) is 13.5. The van der Waals surface area contributed by atoms with Crippen molar-refractivity contribution in [2.45, 2.75) is 12.1 Å². The topological polar surface area (TPSA) is 78.6 Å². The number of hydrogen-bond acceptors (Lipinski definition) is 4. The van der Waals surface area contributed by atoms with Crippen molar-refractivity contribution in [1.82, 2.24) is 10.3 Å². The number of furan rings is 1. The Labute approximate surface area is 190 Å². The zero-order chi connectivity index (χ0) is 22.1. The maximum absolute atomic E-state index is 11.7. The van der Waals surface area contributed by atoms with E-state index in [0.717, 1.165) is 11.4 Å². The van der Waals surface area contributed by atoms with Crippen LogP contribution in [0.5, 0.6) is 0 Å². The first-order valence-corrected chi connectivity index (χ1v) is 10.5. The van der Waals surface area contributed by atoms with Gasteiger partial charge >= 0.3 is 5.97 Å². The van der Waals surface area contributed by atoms with Gasteiger partial charge in [-0.2, -0.15) is 0 Å². The van der Waals surface area contributed by atoms with Crippen molar-refractivity contribution in [3.63, 3.8) is 0 Å². The second-order valence-corrected chi connectivity index (χ2v) is 7.77. The Bertz CT molecular complexity index is 1270. The molecule has 4 aromatic rings. The fourth-order valence-corrected chi connectivity index (χ4v) is 4.40. The van der Waals surface area contributed by atoms with Gasteiger partial charge in [-0.1, -0.05) is 42.5 Å². The van der Waals surface area contributed by atoms with Crippen LogP contribution in [0, 0.1) is 0 Å². The summed E-state index contributed by atoms with van der Waals surface area (Å²) in [6.07, 6.45) is 1.75. The standard InChI is InChI=1S/C25H19N3O3S/c29-24(30)18-11-5-4-10-17(18)20-13-14-21(31-20)23-22(19-12-6-7-15-26-19)27-25(32)28(23)16-8-2-1-3-9-16/h1-15,22-23H,(H,27,32)(H,29,30)/t22-,23-/m1/s1. The van der Waals surface area contributed by atoms with Crippen molar-refractivity contribution in [3.05, 3.63) is 108 Å². The third-order valence-corrected chi connectivity index (χ3v) is 5.79. The monoisotopic (exact) mass is 441 g/mol. The molecule has 1 saturated heterocycles. The molecule has 1 aliphatic heterocycles. The minimum atomic E-state index is -1.00. The van der Waals surface area contributed by atoms with Gasteiger partial charge in [0.2, 0.25) is 0 Å². The molecule has 0 unspecified atom stereocenters. The first-order chi connectivity index (χ1) is 15.6. The second-order valence-electron chi connectivity index (χ2n) is 7.38. The molecular weight excluding hydrogens is 422 g/mol. The van der Waals surface area contributed by atoms with E-state index in [4.69, 9.17) is 16.6 Å². The number of anilines is 1. The molecule has 1 aliphatic rings. The Balaban J connectivity index is 1.61. The SMILES string of the molecule is O=C(O)c1ccccc1-c1ccc([C@@H]2[C@@H](c3ccccn3)NC(=S)N2c2ccccc2)o1. The highest BCUT2D eigenvalue weighted by atomic mass is 32.1. The average Bonchev–Trinajstić information content (AvgIpc) is 3.44. The first kappa shape index (κ1) is 20.0. The average molecular weight is 442 g/mol. The number of para-hydroxylation sites is 1. The second kappa shape index (κ2) is 8.28. The van der Waals surface area contributed by atoms with E-state index in [0.29, 0.717) is 22.2 Å². The number of carboxylic acid groups (broad SMARTS) is 1. The van der Waals surface area contributed by atoms with E-state index < -0.39 is 5.97 Å².